The third-order valence-electron chi connectivity index (χ3n) is 3.28. The van der Waals surface area contributed by atoms with Crippen LogP contribution in [0.3, 0.4) is 0 Å². The van der Waals surface area contributed by atoms with E-state index in [1.807, 2.05) is 6.07 Å². The average molecular weight is 287 g/mol. The van der Waals surface area contributed by atoms with Crippen LogP contribution in [0.2, 0.25) is 0 Å². The van der Waals surface area contributed by atoms with Crippen molar-refractivity contribution in [3.8, 4) is 22.8 Å². The molecule has 2 heterocycles. The van der Waals surface area contributed by atoms with Crippen LogP contribution in [0.1, 0.15) is 0 Å². The summed E-state index contributed by atoms with van der Waals surface area (Å²) in [5.74, 6) is 1.24. The Kier molecular flexibility index (Phi) is 3.13. The number of aromatic nitrogens is 2. The van der Waals surface area contributed by atoms with E-state index in [-0.39, 0.29) is 5.82 Å². The molecule has 1 aromatic carbocycles. The minimum absolute atomic E-state index is 0.355. The number of hydrogen-bond acceptors (Lipinski definition) is 4. The van der Waals surface area contributed by atoms with Crippen LogP contribution in [-0.2, 0) is 0 Å². The highest BCUT2D eigenvalue weighted by Gasteiger charge is 2.16. The van der Waals surface area contributed by atoms with Gasteiger partial charge in [-0.3, -0.25) is 4.40 Å². The minimum atomic E-state index is -0.375. The van der Waals surface area contributed by atoms with Crippen molar-refractivity contribution in [1.29, 1.82) is 0 Å². The Labute approximate surface area is 120 Å². The normalized spacial score (nSPS) is 10.8. The van der Waals surface area contributed by atoms with Gasteiger partial charge in [-0.05, 0) is 24.3 Å². The molecule has 0 spiro atoms. The lowest BCUT2D eigenvalue weighted by atomic mass is 10.1. The van der Waals surface area contributed by atoms with Crippen molar-refractivity contribution < 1.29 is 13.9 Å². The maximum absolute atomic E-state index is 13.3. The summed E-state index contributed by atoms with van der Waals surface area (Å²) in [7, 11) is 3.14. The van der Waals surface area contributed by atoms with E-state index in [1.165, 1.54) is 16.7 Å². The highest BCUT2D eigenvalue weighted by Crippen LogP contribution is 2.36. The zero-order valence-electron chi connectivity index (χ0n) is 11.6. The number of nitrogens with zero attached hydrogens (tertiary/aromatic N) is 2. The second-order valence-electron chi connectivity index (χ2n) is 4.49. The largest absolute Gasteiger partial charge is 0.497 e. The molecule has 0 atom stereocenters. The molecule has 6 heteroatoms. The number of anilines is 1. The number of rotatable bonds is 3. The second kappa shape index (κ2) is 4.97. The van der Waals surface area contributed by atoms with E-state index in [1.54, 1.807) is 32.4 Å². The van der Waals surface area contributed by atoms with Crippen molar-refractivity contribution in [2.45, 2.75) is 0 Å². The van der Waals surface area contributed by atoms with Crippen LogP contribution in [0.15, 0.2) is 36.5 Å². The van der Waals surface area contributed by atoms with Crippen LogP contribution < -0.4 is 15.2 Å². The number of nitrogens with two attached hydrogens (primary N) is 1. The first-order valence-electron chi connectivity index (χ1n) is 6.29. The van der Waals surface area contributed by atoms with E-state index < -0.39 is 0 Å². The molecule has 3 aromatic rings. The fraction of sp³-hybridized carbons (Fsp3) is 0.133. The SMILES string of the molecule is COc1ccc(-c2nc3ccc(F)cn3c2N)c(OC)c1. The van der Waals surface area contributed by atoms with E-state index in [0.717, 1.165) is 5.56 Å². The Hall–Kier alpha value is -2.76. The van der Waals surface area contributed by atoms with Crippen LogP contribution in [0.25, 0.3) is 16.9 Å². The number of fused-ring (bicyclic) bond motifs is 1. The Morgan fingerprint density at radius 2 is 1.95 bits per heavy atom. The third kappa shape index (κ3) is 2.14. The van der Waals surface area contributed by atoms with Gasteiger partial charge in [0.15, 0.2) is 0 Å². The molecule has 0 saturated heterocycles. The molecule has 5 nitrogen and oxygen atoms in total. The Morgan fingerprint density at radius 3 is 2.67 bits per heavy atom. The van der Waals surface area contributed by atoms with E-state index >= 15 is 0 Å². The van der Waals surface area contributed by atoms with E-state index in [0.29, 0.717) is 28.7 Å². The molecule has 0 aliphatic heterocycles. The van der Waals surface area contributed by atoms with Gasteiger partial charge in [0.05, 0.1) is 14.2 Å². The number of hydrogen-bond donors (Lipinski definition) is 1. The van der Waals surface area contributed by atoms with Crippen LogP contribution >= 0.6 is 0 Å². The predicted molar refractivity (Wildman–Crippen MR) is 78.1 cm³/mol. The summed E-state index contributed by atoms with van der Waals surface area (Å²) in [6.07, 6.45) is 1.30. The van der Waals surface area contributed by atoms with Gasteiger partial charge in [0.25, 0.3) is 0 Å². The van der Waals surface area contributed by atoms with Crippen molar-refractivity contribution in [1.82, 2.24) is 9.38 Å². The fourth-order valence-electron chi connectivity index (χ4n) is 2.23. The topological polar surface area (TPSA) is 61.8 Å². The highest BCUT2D eigenvalue weighted by molar-refractivity contribution is 5.79. The summed E-state index contributed by atoms with van der Waals surface area (Å²) in [5.41, 5.74) is 7.92. The first-order valence-corrected chi connectivity index (χ1v) is 6.29. The standard InChI is InChI=1S/C15H14FN3O2/c1-20-10-4-5-11(12(7-10)21-2)14-15(17)19-8-9(16)3-6-13(19)18-14/h3-8H,17H2,1-2H3. The Bertz CT molecular complexity index is 814. The van der Waals surface area contributed by atoms with Crippen LogP contribution in [0.5, 0.6) is 11.5 Å². The molecule has 0 radical (unpaired) electrons. The summed E-state index contributed by atoms with van der Waals surface area (Å²) in [5, 5.41) is 0. The molecule has 0 saturated carbocycles. The summed E-state index contributed by atoms with van der Waals surface area (Å²) in [6.45, 7) is 0. The lowest BCUT2D eigenvalue weighted by Gasteiger charge is -2.09. The van der Waals surface area contributed by atoms with Gasteiger partial charge < -0.3 is 15.2 Å². The molecule has 0 amide bonds. The Morgan fingerprint density at radius 1 is 1.14 bits per heavy atom. The monoisotopic (exact) mass is 287 g/mol. The van der Waals surface area contributed by atoms with Crippen molar-refractivity contribution >= 4 is 11.5 Å². The lowest BCUT2D eigenvalue weighted by Crippen LogP contribution is -1.96. The van der Waals surface area contributed by atoms with Gasteiger partial charge >= 0.3 is 0 Å². The van der Waals surface area contributed by atoms with Crippen molar-refractivity contribution in [2.24, 2.45) is 0 Å². The number of nitrogen functional groups attached to an aromatic ring is 1. The zero-order valence-corrected chi connectivity index (χ0v) is 11.6. The Balaban J connectivity index is 2.23. The van der Waals surface area contributed by atoms with Gasteiger partial charge in [-0.15, -0.1) is 0 Å². The number of pyridine rings is 1. The quantitative estimate of drug-likeness (QED) is 0.804. The average Bonchev–Trinajstić information content (AvgIpc) is 2.83. The molecule has 108 valence electrons. The molecular weight excluding hydrogens is 273 g/mol. The first kappa shape index (κ1) is 13.2. The lowest BCUT2D eigenvalue weighted by molar-refractivity contribution is 0.395. The fourth-order valence-corrected chi connectivity index (χ4v) is 2.23. The molecule has 2 aromatic heterocycles. The summed E-state index contributed by atoms with van der Waals surface area (Å²) < 4.78 is 25.4. The number of imidazole rings is 1. The molecule has 0 bridgehead atoms. The smallest absolute Gasteiger partial charge is 0.140 e. The van der Waals surface area contributed by atoms with Crippen molar-refractivity contribution in [3.63, 3.8) is 0 Å². The number of methoxy groups -OCH3 is 2. The number of ether oxygens (including phenoxy) is 2. The maximum Gasteiger partial charge on any atom is 0.140 e. The zero-order chi connectivity index (χ0) is 15.0. The molecule has 21 heavy (non-hydrogen) atoms. The second-order valence-corrected chi connectivity index (χ2v) is 4.49. The summed E-state index contributed by atoms with van der Waals surface area (Å²) in [4.78, 5) is 4.44. The van der Waals surface area contributed by atoms with Crippen LogP contribution in [0.4, 0.5) is 10.2 Å². The molecule has 0 unspecified atom stereocenters. The third-order valence-corrected chi connectivity index (χ3v) is 3.28. The number of halogens is 1. The molecule has 2 N–H and O–H groups in total. The summed E-state index contributed by atoms with van der Waals surface area (Å²) >= 11 is 0. The van der Waals surface area contributed by atoms with Crippen LogP contribution in [0, 0.1) is 5.82 Å². The number of benzene rings is 1. The van der Waals surface area contributed by atoms with Gasteiger partial charge in [-0.25, -0.2) is 9.37 Å². The van der Waals surface area contributed by atoms with E-state index in [2.05, 4.69) is 4.98 Å². The molecule has 0 aliphatic carbocycles. The van der Waals surface area contributed by atoms with E-state index in [4.69, 9.17) is 15.2 Å². The van der Waals surface area contributed by atoms with Crippen LogP contribution in [-0.4, -0.2) is 23.6 Å². The molecule has 3 rings (SSSR count). The van der Waals surface area contributed by atoms with Gasteiger partial charge in [-0.2, -0.15) is 0 Å². The predicted octanol–water partition coefficient (Wildman–Crippen LogP) is 2.74. The molecule has 0 fully saturated rings. The van der Waals surface area contributed by atoms with Gasteiger partial charge in [-0.1, -0.05) is 0 Å². The van der Waals surface area contributed by atoms with Gasteiger partial charge in [0, 0.05) is 17.8 Å². The molecular formula is C15H14FN3O2. The summed E-state index contributed by atoms with van der Waals surface area (Å²) in [6, 6.07) is 8.27. The minimum Gasteiger partial charge on any atom is -0.497 e. The van der Waals surface area contributed by atoms with Crippen molar-refractivity contribution in [2.75, 3.05) is 20.0 Å². The molecule has 0 aliphatic rings. The van der Waals surface area contributed by atoms with Crippen molar-refractivity contribution in [3.05, 3.63) is 42.3 Å². The highest BCUT2D eigenvalue weighted by atomic mass is 19.1. The van der Waals surface area contributed by atoms with E-state index in [9.17, 15) is 4.39 Å². The van der Waals surface area contributed by atoms with Gasteiger partial charge in [0.2, 0.25) is 0 Å². The maximum atomic E-state index is 13.3. The first-order chi connectivity index (χ1) is 10.1. The van der Waals surface area contributed by atoms with Gasteiger partial charge in [0.1, 0.15) is 34.5 Å².